The maximum Gasteiger partial charge on any atom is 0.142 e. The van der Waals surface area contributed by atoms with Crippen molar-refractivity contribution >= 4 is 5.69 Å². The van der Waals surface area contributed by atoms with Crippen LogP contribution in [-0.4, -0.2) is 33.9 Å². The van der Waals surface area contributed by atoms with Crippen LogP contribution in [-0.2, 0) is 6.42 Å². The van der Waals surface area contributed by atoms with Gasteiger partial charge in [-0.2, -0.15) is 0 Å². The second kappa shape index (κ2) is 4.69. The van der Waals surface area contributed by atoms with E-state index in [2.05, 4.69) is 0 Å². The van der Waals surface area contributed by atoms with E-state index >= 15 is 0 Å². The Labute approximate surface area is 109 Å². The van der Waals surface area contributed by atoms with E-state index in [9.17, 15) is 0 Å². The Hall–Kier alpha value is -1.42. The Bertz CT molecular complexity index is 440. The molecule has 0 spiro atoms. The van der Waals surface area contributed by atoms with E-state index in [1.807, 2.05) is 31.1 Å². The number of hydrogen-bond acceptors (Lipinski definition) is 4. The van der Waals surface area contributed by atoms with E-state index in [0.29, 0.717) is 0 Å². The molecule has 0 unspecified atom stereocenters. The fraction of sp³-hybridized carbons (Fsp3) is 0.571. The van der Waals surface area contributed by atoms with Gasteiger partial charge in [-0.15, -0.1) is 0 Å². The first-order valence-corrected chi connectivity index (χ1v) is 6.20. The number of nitrogens with zero attached hydrogens (tertiary/aromatic N) is 1. The summed E-state index contributed by atoms with van der Waals surface area (Å²) in [5, 5.41) is 0. The minimum absolute atomic E-state index is 0.0298. The van der Waals surface area contributed by atoms with Crippen molar-refractivity contribution in [3.05, 3.63) is 17.7 Å². The normalized spacial score (nSPS) is 16.3. The molecule has 1 fully saturated rings. The molecule has 0 saturated heterocycles. The van der Waals surface area contributed by atoms with Gasteiger partial charge in [-0.25, -0.2) is 0 Å². The number of anilines is 1. The summed E-state index contributed by atoms with van der Waals surface area (Å²) >= 11 is 0. The Kier molecular flexibility index (Phi) is 3.39. The third kappa shape index (κ3) is 2.53. The first kappa shape index (κ1) is 13.0. The maximum absolute atomic E-state index is 6.18. The average molecular weight is 250 g/mol. The van der Waals surface area contributed by atoms with Gasteiger partial charge in [0.15, 0.2) is 0 Å². The van der Waals surface area contributed by atoms with Gasteiger partial charge in [-0.1, -0.05) is 0 Å². The molecular weight excluding hydrogens is 228 g/mol. The van der Waals surface area contributed by atoms with Crippen molar-refractivity contribution in [2.75, 3.05) is 33.2 Å². The number of benzene rings is 1. The van der Waals surface area contributed by atoms with E-state index < -0.39 is 0 Å². The molecule has 1 aliphatic rings. The molecule has 2 N–H and O–H groups in total. The summed E-state index contributed by atoms with van der Waals surface area (Å²) < 4.78 is 10.9. The van der Waals surface area contributed by atoms with Crippen molar-refractivity contribution in [1.29, 1.82) is 0 Å². The highest BCUT2D eigenvalue weighted by Gasteiger charge is 2.39. The molecule has 1 aliphatic carbocycles. The molecule has 0 amide bonds. The highest BCUT2D eigenvalue weighted by molar-refractivity contribution is 5.63. The zero-order valence-electron chi connectivity index (χ0n) is 11.6. The highest BCUT2D eigenvalue weighted by Crippen LogP contribution is 2.41. The van der Waals surface area contributed by atoms with Crippen LogP contribution in [0.5, 0.6) is 11.5 Å². The summed E-state index contributed by atoms with van der Waals surface area (Å²) in [6.07, 6.45) is 3.03. The topological polar surface area (TPSA) is 47.7 Å². The van der Waals surface area contributed by atoms with E-state index in [4.69, 9.17) is 15.2 Å². The highest BCUT2D eigenvalue weighted by atomic mass is 16.5. The second-order valence-corrected chi connectivity index (χ2v) is 5.27. The number of methoxy groups -OCH3 is 2. The van der Waals surface area contributed by atoms with Gasteiger partial charge in [0, 0.05) is 25.7 Å². The van der Waals surface area contributed by atoms with Crippen molar-refractivity contribution < 1.29 is 9.47 Å². The number of hydrogen-bond donors (Lipinski definition) is 1. The lowest BCUT2D eigenvalue weighted by atomic mass is 10.0. The standard InChI is InChI=1S/C14H22N2O2/c1-16(2)11-8-12(17-3)10(7-13(11)18-4)9-14(15)5-6-14/h7-8H,5-6,9,15H2,1-4H3. The van der Waals surface area contributed by atoms with Crippen molar-refractivity contribution in [3.63, 3.8) is 0 Å². The Morgan fingerprint density at radius 2 is 1.78 bits per heavy atom. The van der Waals surface area contributed by atoms with Crippen molar-refractivity contribution in [3.8, 4) is 11.5 Å². The summed E-state index contributed by atoms with van der Waals surface area (Å²) in [6.45, 7) is 0. The number of rotatable bonds is 5. The van der Waals surface area contributed by atoms with Crippen LogP contribution < -0.4 is 20.1 Å². The molecule has 4 heteroatoms. The lowest BCUT2D eigenvalue weighted by Gasteiger charge is -2.21. The minimum Gasteiger partial charge on any atom is -0.496 e. The third-order valence-electron chi connectivity index (χ3n) is 3.50. The summed E-state index contributed by atoms with van der Waals surface area (Å²) in [6, 6.07) is 4.06. The Morgan fingerprint density at radius 3 is 2.22 bits per heavy atom. The second-order valence-electron chi connectivity index (χ2n) is 5.27. The summed E-state index contributed by atoms with van der Waals surface area (Å²) in [5.41, 5.74) is 8.29. The van der Waals surface area contributed by atoms with Crippen LogP contribution in [0.4, 0.5) is 5.69 Å². The predicted molar refractivity (Wildman–Crippen MR) is 73.7 cm³/mol. The van der Waals surface area contributed by atoms with Crippen LogP contribution in [0, 0.1) is 0 Å². The van der Waals surface area contributed by atoms with Crippen LogP contribution in [0.2, 0.25) is 0 Å². The van der Waals surface area contributed by atoms with Gasteiger partial charge in [0.2, 0.25) is 0 Å². The van der Waals surface area contributed by atoms with Gasteiger partial charge in [0.05, 0.1) is 19.9 Å². The van der Waals surface area contributed by atoms with Crippen molar-refractivity contribution in [2.24, 2.45) is 5.73 Å². The SMILES string of the molecule is COc1cc(N(C)C)c(OC)cc1CC1(N)CC1. The number of ether oxygens (including phenoxy) is 2. The molecular formula is C14H22N2O2. The molecule has 0 atom stereocenters. The molecule has 0 bridgehead atoms. The van der Waals surface area contributed by atoms with Crippen LogP contribution in [0.25, 0.3) is 0 Å². The van der Waals surface area contributed by atoms with Gasteiger partial charge in [0.25, 0.3) is 0 Å². The number of nitrogens with two attached hydrogens (primary N) is 1. The first-order chi connectivity index (χ1) is 8.49. The van der Waals surface area contributed by atoms with Gasteiger partial charge in [-0.3, -0.25) is 0 Å². The van der Waals surface area contributed by atoms with Gasteiger partial charge in [0.1, 0.15) is 11.5 Å². The Balaban J connectivity index is 2.38. The first-order valence-electron chi connectivity index (χ1n) is 6.20. The Morgan fingerprint density at radius 1 is 1.17 bits per heavy atom. The van der Waals surface area contributed by atoms with E-state index in [1.54, 1.807) is 14.2 Å². The molecule has 1 aromatic carbocycles. The predicted octanol–water partition coefficient (Wildman–Crippen LogP) is 1.80. The molecule has 0 aliphatic heterocycles. The molecule has 4 nitrogen and oxygen atoms in total. The zero-order valence-corrected chi connectivity index (χ0v) is 11.6. The molecule has 1 aromatic rings. The summed E-state index contributed by atoms with van der Waals surface area (Å²) in [7, 11) is 7.36. The van der Waals surface area contributed by atoms with E-state index in [0.717, 1.165) is 42.0 Å². The monoisotopic (exact) mass is 250 g/mol. The molecule has 0 radical (unpaired) electrons. The van der Waals surface area contributed by atoms with Gasteiger partial charge < -0.3 is 20.1 Å². The van der Waals surface area contributed by atoms with E-state index in [1.165, 1.54) is 0 Å². The molecule has 1 saturated carbocycles. The molecule has 2 rings (SSSR count). The van der Waals surface area contributed by atoms with Crippen LogP contribution in [0.1, 0.15) is 18.4 Å². The van der Waals surface area contributed by atoms with Crippen molar-refractivity contribution in [2.45, 2.75) is 24.8 Å². The fourth-order valence-electron chi connectivity index (χ4n) is 2.15. The lowest BCUT2D eigenvalue weighted by Crippen LogP contribution is -2.25. The van der Waals surface area contributed by atoms with Crippen molar-refractivity contribution in [1.82, 2.24) is 0 Å². The van der Waals surface area contributed by atoms with Crippen LogP contribution in [0.3, 0.4) is 0 Å². The quantitative estimate of drug-likeness (QED) is 0.865. The third-order valence-corrected chi connectivity index (χ3v) is 3.50. The van der Waals surface area contributed by atoms with E-state index in [-0.39, 0.29) is 5.54 Å². The zero-order chi connectivity index (χ0) is 13.3. The lowest BCUT2D eigenvalue weighted by molar-refractivity contribution is 0.397. The molecule has 0 heterocycles. The van der Waals surface area contributed by atoms with Gasteiger partial charge in [-0.05, 0) is 30.9 Å². The summed E-state index contributed by atoms with van der Waals surface area (Å²) in [5.74, 6) is 1.75. The van der Waals surface area contributed by atoms with Crippen LogP contribution in [0.15, 0.2) is 12.1 Å². The minimum atomic E-state index is -0.0298. The average Bonchev–Trinajstić information content (AvgIpc) is 3.05. The molecule has 100 valence electrons. The summed E-state index contributed by atoms with van der Waals surface area (Å²) in [4.78, 5) is 2.01. The fourth-order valence-corrected chi connectivity index (χ4v) is 2.15. The van der Waals surface area contributed by atoms with Gasteiger partial charge >= 0.3 is 0 Å². The largest absolute Gasteiger partial charge is 0.496 e. The molecule has 0 aromatic heterocycles. The van der Waals surface area contributed by atoms with Crippen LogP contribution >= 0.6 is 0 Å². The maximum atomic E-state index is 6.18. The molecule has 18 heavy (non-hydrogen) atoms. The smallest absolute Gasteiger partial charge is 0.142 e.